The Labute approximate surface area is 196 Å². The first-order valence-corrected chi connectivity index (χ1v) is 11.5. The highest BCUT2D eigenvalue weighted by atomic mass is 35.5. The van der Waals surface area contributed by atoms with Gasteiger partial charge in [-0.2, -0.15) is 0 Å². The lowest BCUT2D eigenvalue weighted by atomic mass is 10.1. The summed E-state index contributed by atoms with van der Waals surface area (Å²) in [6.07, 6.45) is 0. The Balaban J connectivity index is 1.79. The molecule has 0 atom stereocenters. The minimum absolute atomic E-state index is 0.516. The first-order chi connectivity index (χ1) is 14.5. The fraction of sp³-hybridized carbons (Fsp3) is 0.208. The molecule has 1 aromatic heterocycles. The van der Waals surface area contributed by atoms with Crippen molar-refractivity contribution in [2.75, 3.05) is 0 Å². The van der Waals surface area contributed by atoms with Crippen LogP contribution in [0, 0.1) is 6.92 Å². The van der Waals surface area contributed by atoms with Crippen LogP contribution in [0.25, 0.3) is 11.0 Å². The molecule has 6 heteroatoms. The highest BCUT2D eigenvalue weighted by molar-refractivity contribution is 6.42. The van der Waals surface area contributed by atoms with Gasteiger partial charge in [0.25, 0.3) is 5.82 Å². The molecule has 0 fully saturated rings. The summed E-state index contributed by atoms with van der Waals surface area (Å²) < 4.78 is 4.56. The number of hydrogen-bond acceptors (Lipinski definition) is 0. The van der Waals surface area contributed by atoms with Gasteiger partial charge in [-0.1, -0.05) is 71.7 Å². The van der Waals surface area contributed by atoms with Gasteiger partial charge in [-0.3, -0.25) is 0 Å². The third-order valence-electron chi connectivity index (χ3n) is 5.42. The second kappa shape index (κ2) is 9.20. The van der Waals surface area contributed by atoms with E-state index in [0.29, 0.717) is 21.8 Å². The van der Waals surface area contributed by atoms with Gasteiger partial charge in [0.15, 0.2) is 11.0 Å². The van der Waals surface area contributed by atoms with E-state index in [-0.39, 0.29) is 0 Å². The molecule has 3 aromatic carbocycles. The fourth-order valence-electron chi connectivity index (χ4n) is 3.68. The summed E-state index contributed by atoms with van der Waals surface area (Å²) in [7, 11) is 0. The van der Waals surface area contributed by atoms with Crippen molar-refractivity contribution >= 4 is 57.4 Å². The third-order valence-corrected chi connectivity index (χ3v) is 6.76. The minimum Gasteiger partial charge on any atom is -0.223 e. The normalized spacial score (nSPS) is 11.4. The van der Waals surface area contributed by atoms with Crippen molar-refractivity contribution in [1.82, 2.24) is 4.57 Å². The van der Waals surface area contributed by atoms with E-state index in [0.717, 1.165) is 41.1 Å². The molecule has 0 unspecified atom stereocenters. The van der Waals surface area contributed by atoms with Gasteiger partial charge in [0.2, 0.25) is 0 Å². The molecule has 0 amide bonds. The van der Waals surface area contributed by atoms with Crippen LogP contribution in [0.5, 0.6) is 0 Å². The average molecular weight is 479 g/mol. The van der Waals surface area contributed by atoms with E-state index in [1.807, 2.05) is 12.1 Å². The van der Waals surface area contributed by atoms with E-state index >= 15 is 0 Å². The number of fused-ring (bicyclic) bond motifs is 1. The number of alkyl halides is 2. The lowest BCUT2D eigenvalue weighted by Crippen LogP contribution is -2.37. The molecule has 0 saturated heterocycles. The molecule has 30 heavy (non-hydrogen) atoms. The Morgan fingerprint density at radius 2 is 1.23 bits per heavy atom. The van der Waals surface area contributed by atoms with Crippen LogP contribution in [0.4, 0.5) is 0 Å². The second-order valence-corrected chi connectivity index (χ2v) is 8.72. The molecule has 0 radical (unpaired) electrons. The maximum absolute atomic E-state index is 6.38. The van der Waals surface area contributed by atoms with Gasteiger partial charge < -0.3 is 0 Å². The Morgan fingerprint density at radius 1 is 0.733 bits per heavy atom. The first kappa shape index (κ1) is 21.5. The largest absolute Gasteiger partial charge is 0.254 e. The average Bonchev–Trinajstić information content (AvgIpc) is 3.00. The van der Waals surface area contributed by atoms with Gasteiger partial charge in [0.1, 0.15) is 13.1 Å². The molecule has 1 heterocycles. The van der Waals surface area contributed by atoms with Crippen molar-refractivity contribution in [2.24, 2.45) is 0 Å². The highest BCUT2D eigenvalue weighted by Crippen LogP contribution is 2.28. The maximum atomic E-state index is 6.38. The Bertz CT molecular complexity index is 1090. The molecule has 4 rings (SSSR count). The zero-order chi connectivity index (χ0) is 21.3. The predicted octanol–water partition coefficient (Wildman–Crippen LogP) is 7.12. The minimum atomic E-state index is 0.516. The van der Waals surface area contributed by atoms with Crippen LogP contribution >= 0.6 is 46.4 Å². The lowest BCUT2D eigenvalue weighted by molar-refractivity contribution is -0.669. The fourth-order valence-corrected chi connectivity index (χ4v) is 4.36. The molecule has 4 aromatic rings. The first-order valence-electron chi connectivity index (χ1n) is 9.65. The van der Waals surface area contributed by atoms with Crippen molar-refractivity contribution in [3.8, 4) is 0 Å². The summed E-state index contributed by atoms with van der Waals surface area (Å²) in [6, 6.07) is 20.7. The van der Waals surface area contributed by atoms with Crippen LogP contribution in [-0.4, -0.2) is 4.57 Å². The van der Waals surface area contributed by atoms with Crippen LogP contribution in [-0.2, 0) is 24.8 Å². The number of hydrogen-bond donors (Lipinski definition) is 0. The Morgan fingerprint density at radius 3 is 1.80 bits per heavy atom. The van der Waals surface area contributed by atoms with Gasteiger partial charge in [0, 0.05) is 30.8 Å². The molecule has 154 valence electrons. The van der Waals surface area contributed by atoms with Crippen molar-refractivity contribution < 1.29 is 4.57 Å². The van der Waals surface area contributed by atoms with Gasteiger partial charge in [-0.25, -0.2) is 9.13 Å². The Hall–Kier alpha value is -1.71. The van der Waals surface area contributed by atoms with E-state index in [2.05, 4.69) is 64.6 Å². The molecule has 0 aliphatic rings. The zero-order valence-electron chi connectivity index (χ0n) is 16.5. The second-order valence-electron chi connectivity index (χ2n) is 7.37. The quantitative estimate of drug-likeness (QED) is 0.206. The molecule has 0 bridgehead atoms. The monoisotopic (exact) mass is 477 g/mol. The van der Waals surface area contributed by atoms with Crippen LogP contribution in [0.15, 0.2) is 60.7 Å². The molecular formula is C24H21Cl4N2+. The van der Waals surface area contributed by atoms with Gasteiger partial charge >= 0.3 is 0 Å². The molecule has 0 saturated carbocycles. The van der Waals surface area contributed by atoms with Gasteiger partial charge in [0.05, 0.1) is 10.0 Å². The van der Waals surface area contributed by atoms with Crippen LogP contribution in [0.3, 0.4) is 0 Å². The highest BCUT2D eigenvalue weighted by Gasteiger charge is 2.23. The summed E-state index contributed by atoms with van der Waals surface area (Å²) in [5.41, 5.74) is 6.74. The zero-order valence-corrected chi connectivity index (χ0v) is 19.5. The van der Waals surface area contributed by atoms with Crippen LogP contribution < -0.4 is 4.57 Å². The summed E-state index contributed by atoms with van der Waals surface area (Å²) >= 11 is 24.6. The van der Waals surface area contributed by atoms with Crippen molar-refractivity contribution in [2.45, 2.75) is 31.8 Å². The summed E-state index contributed by atoms with van der Waals surface area (Å²) in [5.74, 6) is 2.16. The number of halogens is 4. The topological polar surface area (TPSA) is 8.81 Å². The van der Waals surface area contributed by atoms with Gasteiger partial charge in [-0.05, 0) is 22.3 Å². The standard InChI is InChI=1S/C24H21Cl4N2/c1-16-29(14-19-6-2-17(12-25)3-7-19)23-10-21(27)22(28)11-24(23)30(16)15-20-8-4-18(13-26)5-9-20/h2-11H,12-15H2,1H3/q+1. The van der Waals surface area contributed by atoms with Crippen molar-refractivity contribution in [3.05, 3.63) is 98.8 Å². The summed E-state index contributed by atoms with van der Waals surface area (Å²) in [6.45, 7) is 3.60. The number of imidazole rings is 1. The number of nitrogens with zero attached hydrogens (tertiary/aromatic N) is 2. The summed E-state index contributed by atoms with van der Waals surface area (Å²) in [4.78, 5) is 0. The van der Waals surface area contributed by atoms with E-state index in [1.165, 1.54) is 11.1 Å². The molecule has 0 aliphatic carbocycles. The van der Waals surface area contributed by atoms with Crippen molar-refractivity contribution in [3.63, 3.8) is 0 Å². The van der Waals surface area contributed by atoms with Crippen molar-refractivity contribution in [1.29, 1.82) is 0 Å². The Kier molecular flexibility index (Phi) is 6.60. The molecule has 0 N–H and O–H groups in total. The molecule has 0 spiro atoms. The molecule has 0 aliphatic heterocycles. The number of aromatic nitrogens is 2. The smallest absolute Gasteiger partial charge is 0.223 e. The lowest BCUT2D eigenvalue weighted by Gasteiger charge is -2.04. The SMILES string of the molecule is Cc1n(Cc2ccc(CCl)cc2)c2cc(Cl)c(Cl)cc2[n+]1Cc1ccc(CCl)cc1. The van der Waals surface area contributed by atoms with E-state index < -0.39 is 0 Å². The molecular weight excluding hydrogens is 458 g/mol. The van der Waals surface area contributed by atoms with Crippen LogP contribution in [0.2, 0.25) is 10.0 Å². The van der Waals surface area contributed by atoms with Crippen LogP contribution in [0.1, 0.15) is 28.1 Å². The predicted molar refractivity (Wildman–Crippen MR) is 127 cm³/mol. The number of rotatable bonds is 6. The maximum Gasteiger partial charge on any atom is 0.254 e. The number of benzene rings is 3. The summed E-state index contributed by atoms with van der Waals surface area (Å²) in [5, 5.41) is 1.11. The van der Waals surface area contributed by atoms with E-state index in [1.54, 1.807) is 0 Å². The van der Waals surface area contributed by atoms with E-state index in [4.69, 9.17) is 46.4 Å². The molecule has 2 nitrogen and oxygen atoms in total. The van der Waals surface area contributed by atoms with Gasteiger partial charge in [-0.15, -0.1) is 23.2 Å². The third kappa shape index (κ3) is 4.33. The van der Waals surface area contributed by atoms with E-state index in [9.17, 15) is 0 Å².